The van der Waals surface area contributed by atoms with Crippen LogP contribution in [0.4, 0.5) is 0 Å². The van der Waals surface area contributed by atoms with E-state index in [4.69, 9.17) is 21.1 Å². The smallest absolute Gasteiger partial charge is 0.355 e. The van der Waals surface area contributed by atoms with Gasteiger partial charge in [-0.2, -0.15) is 0 Å². The van der Waals surface area contributed by atoms with Gasteiger partial charge in [-0.05, 0) is 80.1 Å². The minimum absolute atomic E-state index is 0.323. The molecule has 0 atom stereocenters. The lowest BCUT2D eigenvalue weighted by Gasteiger charge is -2.10. The largest absolute Gasteiger partial charge is 0.494 e. The van der Waals surface area contributed by atoms with Gasteiger partial charge in [0.05, 0.1) is 18.7 Å². The number of pyridine rings is 1. The molecule has 4 rings (SSSR count). The molecule has 33 heavy (non-hydrogen) atoms. The highest BCUT2D eigenvalue weighted by Gasteiger charge is 2.20. The fraction of sp³-hybridized carbons (Fsp3) is 0.259. The van der Waals surface area contributed by atoms with Crippen LogP contribution in [-0.4, -0.2) is 29.2 Å². The number of benzene rings is 2. The number of hydrogen-bond acceptors (Lipinski definition) is 4. The lowest BCUT2D eigenvalue weighted by atomic mass is 10.0. The Hall–Kier alpha value is -3.31. The third kappa shape index (κ3) is 4.88. The molecule has 0 aliphatic rings. The van der Waals surface area contributed by atoms with Gasteiger partial charge >= 0.3 is 5.97 Å². The molecule has 0 spiro atoms. The molecule has 0 bridgehead atoms. The van der Waals surface area contributed by atoms with Crippen molar-refractivity contribution < 1.29 is 14.3 Å². The first kappa shape index (κ1) is 22.9. The van der Waals surface area contributed by atoms with E-state index in [1.165, 1.54) is 0 Å². The number of para-hydroxylation sites is 1. The maximum atomic E-state index is 12.7. The molecule has 0 saturated heterocycles. The number of carbonyl (C=O) groups is 1. The van der Waals surface area contributed by atoms with Crippen molar-refractivity contribution in [2.45, 2.75) is 33.6 Å². The van der Waals surface area contributed by atoms with Crippen LogP contribution in [0.2, 0.25) is 5.02 Å². The quantitative estimate of drug-likeness (QED) is 0.234. The summed E-state index contributed by atoms with van der Waals surface area (Å²) in [6, 6.07) is 13.9. The highest BCUT2D eigenvalue weighted by Crippen LogP contribution is 2.33. The van der Waals surface area contributed by atoms with Crippen LogP contribution in [0.3, 0.4) is 0 Å². The molecule has 5 nitrogen and oxygen atoms in total. The maximum Gasteiger partial charge on any atom is 0.355 e. The summed E-state index contributed by atoms with van der Waals surface area (Å²) >= 11 is 6.26. The Labute approximate surface area is 198 Å². The summed E-state index contributed by atoms with van der Waals surface area (Å²) < 4.78 is 11.3. The van der Waals surface area contributed by atoms with Gasteiger partial charge in [-0.3, -0.25) is 4.98 Å². The van der Waals surface area contributed by atoms with Crippen molar-refractivity contribution in [3.8, 4) is 16.9 Å². The number of aromatic amines is 1. The zero-order chi connectivity index (χ0) is 23.4. The van der Waals surface area contributed by atoms with Crippen molar-refractivity contribution in [3.63, 3.8) is 0 Å². The number of nitrogens with one attached hydrogen (secondary N) is 1. The molecule has 0 saturated carbocycles. The molecule has 6 heteroatoms. The van der Waals surface area contributed by atoms with Gasteiger partial charge in [-0.15, -0.1) is 0 Å². The summed E-state index contributed by atoms with van der Waals surface area (Å²) in [7, 11) is 0. The van der Waals surface area contributed by atoms with Gasteiger partial charge in [0, 0.05) is 28.4 Å². The van der Waals surface area contributed by atoms with Crippen molar-refractivity contribution in [2.24, 2.45) is 0 Å². The number of aryl methyl sites for hydroxylation is 3. The molecule has 0 unspecified atom stereocenters. The third-order valence-electron chi connectivity index (χ3n) is 5.66. The minimum atomic E-state index is -0.339. The lowest BCUT2D eigenvalue weighted by Crippen LogP contribution is -2.09. The van der Waals surface area contributed by atoms with E-state index in [2.05, 4.69) is 9.97 Å². The number of nitrogens with zero attached hydrogens (tertiary/aromatic N) is 1. The van der Waals surface area contributed by atoms with Gasteiger partial charge in [0.2, 0.25) is 0 Å². The molecule has 0 fully saturated rings. The Bertz CT molecular complexity index is 1260. The first-order chi connectivity index (χ1) is 16.0. The normalized spacial score (nSPS) is 11.0. The average Bonchev–Trinajstić information content (AvgIpc) is 3.20. The molecule has 2 aromatic heterocycles. The first-order valence-corrected chi connectivity index (χ1v) is 11.5. The first-order valence-electron chi connectivity index (χ1n) is 11.1. The van der Waals surface area contributed by atoms with Gasteiger partial charge in [-0.25, -0.2) is 4.79 Å². The van der Waals surface area contributed by atoms with Gasteiger partial charge < -0.3 is 14.5 Å². The van der Waals surface area contributed by atoms with Crippen molar-refractivity contribution in [3.05, 3.63) is 82.3 Å². The molecule has 4 aromatic rings. The van der Waals surface area contributed by atoms with Crippen LogP contribution >= 0.6 is 11.6 Å². The lowest BCUT2D eigenvalue weighted by molar-refractivity contribution is 0.0519. The molecule has 2 heterocycles. The molecular formula is C27H27ClN2O3. The van der Waals surface area contributed by atoms with Gasteiger partial charge in [0.15, 0.2) is 0 Å². The second-order valence-electron chi connectivity index (χ2n) is 7.99. The maximum absolute atomic E-state index is 12.7. The fourth-order valence-corrected chi connectivity index (χ4v) is 4.22. The van der Waals surface area contributed by atoms with E-state index in [-0.39, 0.29) is 5.97 Å². The molecular weight excluding hydrogens is 436 g/mol. The van der Waals surface area contributed by atoms with Crippen molar-refractivity contribution >= 4 is 28.5 Å². The number of rotatable bonds is 8. The van der Waals surface area contributed by atoms with E-state index in [9.17, 15) is 4.79 Å². The summed E-state index contributed by atoms with van der Waals surface area (Å²) in [5.41, 5.74) is 6.43. The van der Waals surface area contributed by atoms with Crippen LogP contribution < -0.4 is 4.74 Å². The number of hydrogen-bond donors (Lipinski definition) is 1. The summed E-state index contributed by atoms with van der Waals surface area (Å²) in [5, 5.41) is 1.79. The molecule has 1 N–H and O–H groups in total. The predicted octanol–water partition coefficient (Wildman–Crippen LogP) is 6.69. The van der Waals surface area contributed by atoms with Crippen LogP contribution in [0, 0.1) is 13.8 Å². The topological polar surface area (TPSA) is 64.2 Å². The van der Waals surface area contributed by atoms with E-state index < -0.39 is 0 Å². The van der Waals surface area contributed by atoms with Crippen molar-refractivity contribution in [2.75, 3.05) is 13.2 Å². The summed E-state index contributed by atoms with van der Waals surface area (Å²) in [5.74, 6) is 0.466. The monoisotopic (exact) mass is 462 g/mol. The number of esters is 1. The predicted molar refractivity (Wildman–Crippen MR) is 132 cm³/mol. The Balaban J connectivity index is 1.60. The van der Waals surface area contributed by atoms with E-state index in [1.807, 2.05) is 63.2 Å². The van der Waals surface area contributed by atoms with Gasteiger partial charge in [-0.1, -0.05) is 29.8 Å². The molecule has 0 aliphatic heterocycles. The third-order valence-corrected chi connectivity index (χ3v) is 6.26. The SMILES string of the molecule is CCOC(=O)c1[nH]c2c(-c3ccncc3)cccc2c1CCCOc1cc(C)c(Cl)c(C)c1. The van der Waals surface area contributed by atoms with Crippen molar-refractivity contribution in [1.29, 1.82) is 0 Å². The molecule has 0 aliphatic carbocycles. The Morgan fingerprint density at radius 2 is 1.82 bits per heavy atom. The number of ether oxygens (including phenoxy) is 2. The van der Waals surface area contributed by atoms with Crippen LogP contribution in [0.1, 0.15) is 40.5 Å². The highest BCUT2D eigenvalue weighted by atomic mass is 35.5. The number of fused-ring (bicyclic) bond motifs is 1. The second kappa shape index (κ2) is 10.1. The summed E-state index contributed by atoms with van der Waals surface area (Å²) in [6.45, 7) is 6.61. The van der Waals surface area contributed by atoms with Crippen molar-refractivity contribution in [1.82, 2.24) is 9.97 Å². The Morgan fingerprint density at radius 3 is 2.52 bits per heavy atom. The molecule has 170 valence electrons. The van der Waals surface area contributed by atoms with Crippen LogP contribution in [-0.2, 0) is 11.2 Å². The van der Waals surface area contributed by atoms with Crippen LogP contribution in [0.5, 0.6) is 5.75 Å². The van der Waals surface area contributed by atoms with E-state index in [0.29, 0.717) is 25.3 Å². The number of H-pyrrole nitrogens is 1. The zero-order valence-corrected chi connectivity index (χ0v) is 19.8. The Kier molecular flexibility index (Phi) is 6.99. The average molecular weight is 463 g/mol. The highest BCUT2D eigenvalue weighted by molar-refractivity contribution is 6.32. The number of carbonyl (C=O) groups excluding carboxylic acids is 1. The van der Waals surface area contributed by atoms with E-state index >= 15 is 0 Å². The minimum Gasteiger partial charge on any atom is -0.494 e. The number of aromatic nitrogens is 2. The van der Waals surface area contributed by atoms with Crippen LogP contribution in [0.25, 0.3) is 22.0 Å². The van der Waals surface area contributed by atoms with Gasteiger partial charge in [0.1, 0.15) is 11.4 Å². The molecule has 2 aromatic carbocycles. The van der Waals surface area contributed by atoms with E-state index in [1.54, 1.807) is 12.4 Å². The zero-order valence-electron chi connectivity index (χ0n) is 19.1. The number of halogens is 1. The molecule has 0 radical (unpaired) electrons. The summed E-state index contributed by atoms with van der Waals surface area (Å²) in [4.78, 5) is 20.2. The van der Waals surface area contributed by atoms with Crippen LogP contribution in [0.15, 0.2) is 54.9 Å². The van der Waals surface area contributed by atoms with E-state index in [0.717, 1.165) is 55.9 Å². The standard InChI is InChI=1S/C27H27ClN2O3/c1-4-32-27(31)26-23(9-6-14-33-20-15-17(2)24(28)18(3)16-20)22-8-5-7-21(25(22)30-26)19-10-12-29-13-11-19/h5,7-8,10-13,15-16,30H,4,6,9,14H2,1-3H3. The fourth-order valence-electron chi connectivity index (χ4n) is 4.11. The second-order valence-corrected chi connectivity index (χ2v) is 8.36. The molecule has 0 amide bonds. The summed E-state index contributed by atoms with van der Waals surface area (Å²) in [6.07, 6.45) is 4.96. The van der Waals surface area contributed by atoms with Gasteiger partial charge in [0.25, 0.3) is 0 Å². The Morgan fingerprint density at radius 1 is 1.09 bits per heavy atom.